The van der Waals surface area contributed by atoms with Gasteiger partial charge in [0.2, 0.25) is 0 Å². The topological polar surface area (TPSA) is 35.2 Å². The van der Waals surface area contributed by atoms with Gasteiger partial charge in [0.15, 0.2) is 0 Å². The number of fused-ring (bicyclic) bond motifs is 1. The second kappa shape index (κ2) is 6.08. The van der Waals surface area contributed by atoms with Crippen molar-refractivity contribution in [3.63, 3.8) is 0 Å². The van der Waals surface area contributed by atoms with Gasteiger partial charge in [-0.05, 0) is 60.5 Å². The van der Waals surface area contributed by atoms with Crippen LogP contribution in [0.3, 0.4) is 0 Å². The van der Waals surface area contributed by atoms with Crippen LogP contribution in [-0.2, 0) is 0 Å². The number of hydrogen-bond acceptors (Lipinski definition) is 3. The largest absolute Gasteiger partial charge is 0.496 e. The second-order valence-corrected chi connectivity index (χ2v) is 8.41. The average molecular weight is 427 g/mol. The lowest BCUT2D eigenvalue weighted by Crippen LogP contribution is -2.12. The summed E-state index contributed by atoms with van der Waals surface area (Å²) >= 11 is 8.73. The first-order valence-electron chi connectivity index (χ1n) is 6.37. The first-order valence-corrected chi connectivity index (χ1v) is 8.78. The van der Waals surface area contributed by atoms with E-state index in [1.807, 2.05) is 24.3 Å². The van der Waals surface area contributed by atoms with Crippen molar-refractivity contribution in [2.75, 3.05) is 7.11 Å². The Balaban J connectivity index is 2.19. The third-order valence-corrected chi connectivity index (χ3v) is 5.88. The van der Waals surface area contributed by atoms with E-state index in [9.17, 15) is 0 Å². The Hall–Kier alpha value is -0.880. The van der Waals surface area contributed by atoms with E-state index in [0.717, 1.165) is 35.2 Å². The fourth-order valence-electron chi connectivity index (χ4n) is 2.48. The van der Waals surface area contributed by atoms with E-state index in [1.54, 1.807) is 18.4 Å². The molecule has 21 heavy (non-hydrogen) atoms. The predicted molar refractivity (Wildman–Crippen MR) is 96.2 cm³/mol. The minimum absolute atomic E-state index is 0.183. The highest BCUT2D eigenvalue weighted by molar-refractivity contribution is 9.12. The first-order chi connectivity index (χ1) is 10.1. The number of methoxy groups -OCH3 is 1. The highest BCUT2D eigenvalue weighted by Crippen LogP contribution is 2.39. The molecular weight excluding hydrogens is 414 g/mol. The minimum Gasteiger partial charge on any atom is -0.496 e. The zero-order valence-corrected chi connectivity index (χ0v) is 15.3. The predicted octanol–water partition coefficient (Wildman–Crippen LogP) is 5.48. The lowest BCUT2D eigenvalue weighted by molar-refractivity contribution is 0.419. The van der Waals surface area contributed by atoms with Gasteiger partial charge in [-0.25, -0.2) is 0 Å². The highest BCUT2D eigenvalue weighted by atomic mass is 79.9. The molecule has 2 aromatic carbocycles. The molecular formula is C16H13Br2NOS. The molecule has 2 nitrogen and oxygen atoms in total. The monoisotopic (exact) mass is 425 g/mol. The third-order valence-electron chi connectivity index (χ3n) is 3.49. The van der Waals surface area contributed by atoms with Crippen molar-refractivity contribution in [3.8, 4) is 5.75 Å². The molecule has 1 aromatic heterocycles. The normalized spacial score (nSPS) is 12.6. The molecule has 0 aliphatic heterocycles. The quantitative estimate of drug-likeness (QED) is 0.601. The zero-order chi connectivity index (χ0) is 15.0. The van der Waals surface area contributed by atoms with Gasteiger partial charge in [-0.15, -0.1) is 11.3 Å². The maximum Gasteiger partial charge on any atom is 0.126 e. The summed E-state index contributed by atoms with van der Waals surface area (Å²) in [6.45, 7) is 0. The molecule has 108 valence electrons. The van der Waals surface area contributed by atoms with Crippen LogP contribution in [0.1, 0.15) is 17.2 Å². The van der Waals surface area contributed by atoms with Crippen LogP contribution < -0.4 is 10.5 Å². The fraction of sp³-hybridized carbons (Fsp3) is 0.125. The van der Waals surface area contributed by atoms with Gasteiger partial charge in [-0.2, -0.15) is 0 Å². The van der Waals surface area contributed by atoms with Crippen LogP contribution in [0.25, 0.3) is 10.8 Å². The van der Waals surface area contributed by atoms with Gasteiger partial charge in [0.1, 0.15) is 5.75 Å². The summed E-state index contributed by atoms with van der Waals surface area (Å²) in [5, 5.41) is 2.21. The van der Waals surface area contributed by atoms with Crippen molar-refractivity contribution in [1.29, 1.82) is 0 Å². The molecule has 5 heteroatoms. The molecule has 0 aliphatic rings. The summed E-state index contributed by atoms with van der Waals surface area (Å²) in [4.78, 5) is 0. The average Bonchev–Trinajstić information content (AvgIpc) is 2.84. The number of ether oxygens (including phenoxy) is 1. The van der Waals surface area contributed by atoms with Crippen molar-refractivity contribution in [1.82, 2.24) is 0 Å². The van der Waals surface area contributed by atoms with Crippen LogP contribution in [-0.4, -0.2) is 7.11 Å². The molecule has 0 aliphatic carbocycles. The molecule has 0 radical (unpaired) electrons. The Morgan fingerprint density at radius 1 is 1.05 bits per heavy atom. The fourth-order valence-corrected chi connectivity index (χ4v) is 5.41. The van der Waals surface area contributed by atoms with Crippen LogP contribution in [0.5, 0.6) is 5.75 Å². The van der Waals surface area contributed by atoms with E-state index in [4.69, 9.17) is 10.5 Å². The van der Waals surface area contributed by atoms with Crippen molar-refractivity contribution in [3.05, 3.63) is 61.2 Å². The van der Waals surface area contributed by atoms with Gasteiger partial charge < -0.3 is 10.5 Å². The van der Waals surface area contributed by atoms with E-state index in [0.29, 0.717) is 0 Å². The molecule has 0 saturated carbocycles. The van der Waals surface area contributed by atoms with Crippen LogP contribution in [0.4, 0.5) is 0 Å². The van der Waals surface area contributed by atoms with Crippen LogP contribution in [0.2, 0.25) is 0 Å². The first kappa shape index (κ1) is 15.0. The molecule has 1 atom stereocenters. The summed E-state index contributed by atoms with van der Waals surface area (Å²) in [5.41, 5.74) is 8.68. The van der Waals surface area contributed by atoms with E-state index < -0.39 is 0 Å². The molecule has 0 spiro atoms. The summed E-state index contributed by atoms with van der Waals surface area (Å²) in [7, 11) is 1.69. The lowest BCUT2D eigenvalue weighted by Gasteiger charge is -2.16. The summed E-state index contributed by atoms with van der Waals surface area (Å²) in [6, 6.07) is 14.1. The van der Waals surface area contributed by atoms with Crippen molar-refractivity contribution >= 4 is 54.0 Å². The number of hydrogen-bond donors (Lipinski definition) is 1. The number of rotatable bonds is 3. The molecule has 3 rings (SSSR count). The minimum atomic E-state index is -0.183. The van der Waals surface area contributed by atoms with Crippen LogP contribution in [0.15, 0.2) is 50.0 Å². The Labute approximate surface area is 144 Å². The Morgan fingerprint density at radius 2 is 1.76 bits per heavy atom. The van der Waals surface area contributed by atoms with Gasteiger partial charge in [-0.1, -0.05) is 30.3 Å². The van der Waals surface area contributed by atoms with Gasteiger partial charge >= 0.3 is 0 Å². The van der Waals surface area contributed by atoms with E-state index in [2.05, 4.69) is 50.1 Å². The third kappa shape index (κ3) is 2.75. The van der Waals surface area contributed by atoms with Crippen LogP contribution in [0, 0.1) is 0 Å². The molecule has 1 heterocycles. The molecule has 3 aromatic rings. The molecule has 0 saturated heterocycles. The SMILES string of the molecule is COc1ccc(C(N)c2cc(Br)sc2Br)c2ccccc12. The van der Waals surface area contributed by atoms with Gasteiger partial charge in [0.05, 0.1) is 20.7 Å². The number of thiophene rings is 1. The van der Waals surface area contributed by atoms with Crippen LogP contribution >= 0.6 is 43.2 Å². The van der Waals surface area contributed by atoms with Gasteiger partial charge in [0, 0.05) is 5.39 Å². The smallest absolute Gasteiger partial charge is 0.126 e. The van der Waals surface area contributed by atoms with Crippen molar-refractivity contribution in [2.45, 2.75) is 6.04 Å². The summed E-state index contributed by atoms with van der Waals surface area (Å²) in [5.74, 6) is 0.868. The lowest BCUT2D eigenvalue weighted by atomic mass is 9.95. The number of nitrogens with two attached hydrogens (primary N) is 1. The number of benzene rings is 2. The zero-order valence-electron chi connectivity index (χ0n) is 11.3. The van der Waals surface area contributed by atoms with Crippen molar-refractivity contribution in [2.24, 2.45) is 5.73 Å². The summed E-state index contributed by atoms with van der Waals surface area (Å²) < 4.78 is 7.56. The van der Waals surface area contributed by atoms with E-state index in [1.165, 1.54) is 0 Å². The molecule has 0 amide bonds. The molecule has 2 N–H and O–H groups in total. The molecule has 0 bridgehead atoms. The second-order valence-electron chi connectivity index (χ2n) is 4.66. The Bertz CT molecular complexity index is 800. The number of halogens is 2. The Morgan fingerprint density at radius 3 is 2.38 bits per heavy atom. The highest BCUT2D eigenvalue weighted by Gasteiger charge is 2.18. The maximum atomic E-state index is 6.50. The van der Waals surface area contributed by atoms with E-state index in [-0.39, 0.29) is 6.04 Å². The standard InChI is InChI=1S/C16H13Br2NOS/c1-20-13-7-6-11(9-4-2-3-5-10(9)13)15(19)12-8-14(17)21-16(12)18/h2-8,15H,19H2,1H3. The molecule has 1 unspecified atom stereocenters. The van der Waals surface area contributed by atoms with Gasteiger partial charge in [0.25, 0.3) is 0 Å². The van der Waals surface area contributed by atoms with E-state index >= 15 is 0 Å². The van der Waals surface area contributed by atoms with Gasteiger partial charge in [-0.3, -0.25) is 0 Å². The summed E-state index contributed by atoms with van der Waals surface area (Å²) in [6.07, 6.45) is 0. The molecule has 0 fully saturated rings. The Kier molecular flexibility index (Phi) is 4.36. The maximum absolute atomic E-state index is 6.50. The van der Waals surface area contributed by atoms with Crippen molar-refractivity contribution < 1.29 is 4.74 Å².